The fourth-order valence-corrected chi connectivity index (χ4v) is 8.68. The van der Waals surface area contributed by atoms with E-state index in [1.165, 1.54) is 0 Å². The monoisotopic (exact) mass is 700 g/mol. The Kier molecular flexibility index (Phi) is 6.58. The molecule has 0 radical (unpaired) electrons. The Morgan fingerprint density at radius 2 is 0.782 bits per heavy atom. The topological polar surface area (TPSA) is 75.3 Å². The number of pyridine rings is 1. The van der Waals surface area contributed by atoms with Crippen LogP contribution in [0.4, 0.5) is 0 Å². The molecule has 0 aliphatic heterocycles. The van der Waals surface area contributed by atoms with Crippen LogP contribution in [0.1, 0.15) is 11.1 Å². The third kappa shape index (κ3) is 4.31. The third-order valence-corrected chi connectivity index (χ3v) is 11.0. The van der Waals surface area contributed by atoms with E-state index in [9.17, 15) is 10.5 Å². The van der Waals surface area contributed by atoms with Crippen LogP contribution in [0, 0.1) is 22.7 Å². The SMILES string of the molecule is N#Cc1cccc(-c2cc(-n3c4ccccc4c4ccccc43)nc(-n3c4ccccc4c4ccccc43)c2-n2c3ccccc3c3ccccc32)c1C#N. The molecule has 0 spiro atoms. The smallest absolute Gasteiger partial charge is 0.165 e. The normalized spacial score (nSPS) is 11.6. The molecule has 254 valence electrons. The van der Waals surface area contributed by atoms with Gasteiger partial charge in [-0.15, -0.1) is 0 Å². The van der Waals surface area contributed by atoms with Gasteiger partial charge in [0, 0.05) is 43.4 Å². The van der Waals surface area contributed by atoms with Gasteiger partial charge in [0.2, 0.25) is 0 Å². The minimum atomic E-state index is 0.319. The summed E-state index contributed by atoms with van der Waals surface area (Å²) in [4.78, 5) is 5.77. The summed E-state index contributed by atoms with van der Waals surface area (Å²) in [5.74, 6) is 1.39. The number of aromatic nitrogens is 4. The zero-order valence-electron chi connectivity index (χ0n) is 29.3. The lowest BCUT2D eigenvalue weighted by Crippen LogP contribution is -2.11. The molecule has 11 rings (SSSR count). The van der Waals surface area contributed by atoms with Crippen LogP contribution in [-0.2, 0) is 0 Å². The Balaban J connectivity index is 1.43. The number of hydrogen-bond acceptors (Lipinski definition) is 3. The first-order chi connectivity index (χ1) is 27.2. The van der Waals surface area contributed by atoms with Crippen LogP contribution >= 0.6 is 0 Å². The molecule has 4 aromatic heterocycles. The molecule has 55 heavy (non-hydrogen) atoms. The van der Waals surface area contributed by atoms with Gasteiger partial charge in [-0.1, -0.05) is 121 Å². The van der Waals surface area contributed by atoms with Gasteiger partial charge in [0.25, 0.3) is 0 Å². The molecule has 0 fully saturated rings. The molecule has 0 aliphatic carbocycles. The first-order valence-corrected chi connectivity index (χ1v) is 18.2. The molecular weight excluding hydrogens is 673 g/mol. The number of fused-ring (bicyclic) bond motifs is 9. The van der Waals surface area contributed by atoms with E-state index < -0.39 is 0 Å². The van der Waals surface area contributed by atoms with Crippen LogP contribution in [0.15, 0.2) is 170 Å². The standard InChI is InChI=1S/C49H28N6/c50-29-31-14-13-21-32(40(31)30-51)39-28-47(53-41-22-7-1-15-33(41)34-16-2-8-23-42(34)53)52-49(55-45-26-11-5-19-37(45)38-20-6-12-27-46(38)55)48(39)54-43-24-9-3-17-35(43)36-18-4-10-25-44(36)54/h1-28H. The van der Waals surface area contributed by atoms with Crippen molar-refractivity contribution >= 4 is 65.4 Å². The Bertz CT molecular complexity index is 3310. The zero-order valence-corrected chi connectivity index (χ0v) is 29.3. The van der Waals surface area contributed by atoms with Crippen molar-refractivity contribution < 1.29 is 0 Å². The summed E-state index contributed by atoms with van der Waals surface area (Å²) in [5.41, 5.74) is 8.96. The van der Waals surface area contributed by atoms with Gasteiger partial charge < -0.3 is 4.57 Å². The molecule has 6 nitrogen and oxygen atoms in total. The van der Waals surface area contributed by atoms with Crippen molar-refractivity contribution in [1.82, 2.24) is 18.7 Å². The van der Waals surface area contributed by atoms with Crippen molar-refractivity contribution in [2.75, 3.05) is 0 Å². The minimum Gasteiger partial charge on any atom is -0.305 e. The molecule has 0 aliphatic rings. The van der Waals surface area contributed by atoms with E-state index >= 15 is 0 Å². The van der Waals surface area contributed by atoms with Crippen molar-refractivity contribution in [3.8, 4) is 40.6 Å². The lowest BCUT2D eigenvalue weighted by molar-refractivity contribution is 0.984. The van der Waals surface area contributed by atoms with E-state index in [0.29, 0.717) is 28.3 Å². The molecule has 0 saturated heterocycles. The molecule has 0 unspecified atom stereocenters. The molecule has 7 aromatic carbocycles. The highest BCUT2D eigenvalue weighted by Gasteiger charge is 2.27. The van der Waals surface area contributed by atoms with Crippen molar-refractivity contribution in [1.29, 1.82) is 10.5 Å². The van der Waals surface area contributed by atoms with Crippen molar-refractivity contribution in [2.45, 2.75) is 0 Å². The highest BCUT2D eigenvalue weighted by molar-refractivity contribution is 6.13. The lowest BCUT2D eigenvalue weighted by atomic mass is 9.95. The van der Waals surface area contributed by atoms with Crippen LogP contribution in [0.25, 0.3) is 93.9 Å². The predicted molar refractivity (Wildman–Crippen MR) is 222 cm³/mol. The van der Waals surface area contributed by atoms with Crippen LogP contribution in [0.5, 0.6) is 0 Å². The van der Waals surface area contributed by atoms with E-state index in [1.54, 1.807) is 6.07 Å². The van der Waals surface area contributed by atoms with E-state index in [4.69, 9.17) is 4.98 Å². The second-order valence-corrected chi connectivity index (χ2v) is 13.8. The average molecular weight is 701 g/mol. The summed E-state index contributed by atoms with van der Waals surface area (Å²) in [5, 5.41) is 27.8. The van der Waals surface area contributed by atoms with Gasteiger partial charge in [-0.3, -0.25) is 9.13 Å². The average Bonchev–Trinajstić information content (AvgIpc) is 3.89. The van der Waals surface area contributed by atoms with Crippen LogP contribution in [-0.4, -0.2) is 18.7 Å². The first-order valence-electron chi connectivity index (χ1n) is 18.2. The van der Waals surface area contributed by atoms with Gasteiger partial charge in [-0.05, 0) is 48.5 Å². The molecule has 4 heterocycles. The number of benzene rings is 7. The maximum atomic E-state index is 10.8. The first kappa shape index (κ1) is 30.7. The predicted octanol–water partition coefficient (Wildman–Crippen LogP) is 11.8. The molecule has 0 N–H and O–H groups in total. The molecule has 0 bridgehead atoms. The van der Waals surface area contributed by atoms with E-state index in [2.05, 4.69) is 177 Å². The van der Waals surface area contributed by atoms with E-state index in [1.807, 2.05) is 12.1 Å². The quantitative estimate of drug-likeness (QED) is 0.183. The van der Waals surface area contributed by atoms with Gasteiger partial charge in [-0.2, -0.15) is 10.5 Å². The van der Waals surface area contributed by atoms with Crippen molar-refractivity contribution in [3.63, 3.8) is 0 Å². The Labute approximate surface area is 315 Å². The van der Waals surface area contributed by atoms with Gasteiger partial charge in [0.15, 0.2) is 5.82 Å². The lowest BCUT2D eigenvalue weighted by Gasteiger charge is -2.22. The maximum absolute atomic E-state index is 10.8. The van der Waals surface area contributed by atoms with Gasteiger partial charge in [0.05, 0.1) is 49.9 Å². The zero-order chi connectivity index (χ0) is 36.6. The van der Waals surface area contributed by atoms with Crippen LogP contribution in [0.3, 0.4) is 0 Å². The van der Waals surface area contributed by atoms with E-state index in [0.717, 1.165) is 76.7 Å². The van der Waals surface area contributed by atoms with Crippen molar-refractivity contribution in [2.24, 2.45) is 0 Å². The summed E-state index contributed by atoms with van der Waals surface area (Å²) in [7, 11) is 0. The maximum Gasteiger partial charge on any atom is 0.165 e. The minimum absolute atomic E-state index is 0.319. The van der Waals surface area contributed by atoms with Crippen LogP contribution in [0.2, 0.25) is 0 Å². The molecule has 0 saturated carbocycles. The second-order valence-electron chi connectivity index (χ2n) is 13.8. The summed E-state index contributed by atoms with van der Waals surface area (Å²) in [6, 6.07) is 63.0. The molecule has 0 atom stereocenters. The summed E-state index contributed by atoms with van der Waals surface area (Å²) < 4.78 is 6.79. The Hall–Kier alpha value is -7.93. The largest absolute Gasteiger partial charge is 0.305 e. The van der Waals surface area contributed by atoms with Crippen molar-refractivity contribution in [3.05, 3.63) is 181 Å². The van der Waals surface area contributed by atoms with Gasteiger partial charge in [0.1, 0.15) is 18.0 Å². The van der Waals surface area contributed by atoms with Gasteiger partial charge in [-0.25, -0.2) is 4.98 Å². The number of rotatable bonds is 4. The third-order valence-electron chi connectivity index (χ3n) is 11.0. The summed E-state index contributed by atoms with van der Waals surface area (Å²) in [6.07, 6.45) is 0. The number of hydrogen-bond donors (Lipinski definition) is 0. The summed E-state index contributed by atoms with van der Waals surface area (Å²) in [6.45, 7) is 0. The number of nitriles is 2. The van der Waals surface area contributed by atoms with Crippen LogP contribution < -0.4 is 0 Å². The summed E-state index contributed by atoms with van der Waals surface area (Å²) >= 11 is 0. The fourth-order valence-electron chi connectivity index (χ4n) is 8.68. The Morgan fingerprint density at radius 3 is 1.20 bits per heavy atom. The molecule has 6 heteroatoms. The molecule has 0 amide bonds. The fraction of sp³-hybridized carbons (Fsp3) is 0. The second kappa shape index (κ2) is 11.8. The highest BCUT2D eigenvalue weighted by atomic mass is 15.2. The molecule has 11 aromatic rings. The molecular formula is C49H28N6. The van der Waals surface area contributed by atoms with Gasteiger partial charge >= 0.3 is 0 Å². The number of para-hydroxylation sites is 6. The van der Waals surface area contributed by atoms with E-state index in [-0.39, 0.29) is 0 Å². The Morgan fingerprint density at radius 1 is 0.382 bits per heavy atom. The highest BCUT2D eigenvalue weighted by Crippen LogP contribution is 2.44. The number of nitrogens with zero attached hydrogens (tertiary/aromatic N) is 6.